The van der Waals surface area contributed by atoms with Crippen LogP contribution in [0.5, 0.6) is 0 Å². The van der Waals surface area contributed by atoms with Crippen LogP contribution in [0.3, 0.4) is 0 Å². The number of hydrogen-bond donors (Lipinski definition) is 2. The fraction of sp³-hybridized carbons (Fsp3) is 0.364. The summed E-state index contributed by atoms with van der Waals surface area (Å²) in [5.74, 6) is -0.976. The van der Waals surface area contributed by atoms with Crippen molar-refractivity contribution >= 4 is 18.0 Å². The van der Waals surface area contributed by atoms with Gasteiger partial charge in [-0.2, -0.15) is 5.10 Å². The van der Waals surface area contributed by atoms with Crippen LogP contribution in [0.2, 0.25) is 0 Å². The highest BCUT2D eigenvalue weighted by atomic mass is 16.3. The molecule has 1 heterocycles. The highest BCUT2D eigenvalue weighted by Crippen LogP contribution is 1.94. The van der Waals surface area contributed by atoms with Crippen LogP contribution in [-0.4, -0.2) is 24.6 Å². The maximum absolute atomic E-state index is 11.2. The third-order valence-electron chi connectivity index (χ3n) is 1.92. The molecule has 6 heteroatoms. The van der Waals surface area contributed by atoms with Gasteiger partial charge in [-0.15, -0.1) is 0 Å². The highest BCUT2D eigenvalue weighted by Gasteiger charge is 2.10. The fourth-order valence-electron chi connectivity index (χ4n) is 1.03. The first kappa shape index (κ1) is 13.0. The molecular weight excluding hydrogens is 222 g/mol. The van der Waals surface area contributed by atoms with E-state index in [1.54, 1.807) is 12.1 Å². The number of furan rings is 1. The van der Waals surface area contributed by atoms with Crippen molar-refractivity contribution in [3.8, 4) is 0 Å². The van der Waals surface area contributed by atoms with E-state index in [1.807, 2.05) is 6.92 Å². The number of amides is 2. The summed E-state index contributed by atoms with van der Waals surface area (Å²) in [6.45, 7) is 2.49. The lowest BCUT2D eigenvalue weighted by Gasteiger charge is -2.01. The average molecular weight is 237 g/mol. The van der Waals surface area contributed by atoms with Gasteiger partial charge in [0.15, 0.2) is 0 Å². The molecule has 0 spiro atoms. The van der Waals surface area contributed by atoms with Gasteiger partial charge in [0, 0.05) is 6.54 Å². The molecule has 6 nitrogen and oxygen atoms in total. The molecular formula is C11H15N3O3. The number of carbonyl (C=O) groups is 2. The molecule has 1 aromatic heterocycles. The summed E-state index contributed by atoms with van der Waals surface area (Å²) in [5, 5.41) is 6.06. The molecule has 0 radical (unpaired) electrons. The molecule has 0 atom stereocenters. The Balaban J connectivity index is 2.27. The van der Waals surface area contributed by atoms with Crippen LogP contribution in [-0.2, 0) is 9.59 Å². The van der Waals surface area contributed by atoms with Crippen molar-refractivity contribution < 1.29 is 14.0 Å². The molecule has 2 amide bonds. The van der Waals surface area contributed by atoms with Gasteiger partial charge in [0.05, 0.1) is 12.5 Å². The maximum atomic E-state index is 11.2. The Morgan fingerprint density at radius 3 is 2.94 bits per heavy atom. The molecule has 0 aliphatic heterocycles. The lowest BCUT2D eigenvalue weighted by atomic mass is 10.3. The van der Waals surface area contributed by atoms with Gasteiger partial charge < -0.3 is 9.73 Å². The van der Waals surface area contributed by atoms with E-state index in [0.717, 1.165) is 12.8 Å². The summed E-state index contributed by atoms with van der Waals surface area (Å²) < 4.78 is 4.95. The lowest BCUT2D eigenvalue weighted by Crippen LogP contribution is -2.38. The van der Waals surface area contributed by atoms with Crippen molar-refractivity contribution in [3.63, 3.8) is 0 Å². The monoisotopic (exact) mass is 237 g/mol. The minimum atomic E-state index is -0.788. The van der Waals surface area contributed by atoms with Gasteiger partial charge in [-0.25, -0.2) is 5.43 Å². The third-order valence-corrected chi connectivity index (χ3v) is 1.92. The van der Waals surface area contributed by atoms with Gasteiger partial charge in [-0.05, 0) is 18.6 Å². The molecule has 2 N–H and O–H groups in total. The summed E-state index contributed by atoms with van der Waals surface area (Å²) in [5.41, 5.74) is 2.11. The summed E-state index contributed by atoms with van der Waals surface area (Å²) >= 11 is 0. The van der Waals surface area contributed by atoms with E-state index in [9.17, 15) is 9.59 Å². The largest absolute Gasteiger partial charge is 0.463 e. The lowest BCUT2D eigenvalue weighted by molar-refractivity contribution is -0.139. The molecule has 0 aliphatic carbocycles. The number of carbonyl (C=O) groups excluding carboxylic acids is 2. The molecule has 0 aliphatic rings. The number of unbranched alkanes of at least 4 members (excludes halogenated alkanes) is 1. The maximum Gasteiger partial charge on any atom is 0.329 e. The molecule has 92 valence electrons. The Morgan fingerprint density at radius 2 is 2.29 bits per heavy atom. The second-order valence-electron chi connectivity index (χ2n) is 3.32. The van der Waals surface area contributed by atoms with Crippen molar-refractivity contribution in [1.29, 1.82) is 0 Å². The second-order valence-corrected chi connectivity index (χ2v) is 3.32. The van der Waals surface area contributed by atoms with Crippen LogP contribution in [0.25, 0.3) is 0 Å². The van der Waals surface area contributed by atoms with Crippen LogP contribution < -0.4 is 10.7 Å². The zero-order chi connectivity index (χ0) is 12.5. The molecule has 1 aromatic rings. The predicted octanol–water partition coefficient (Wildman–Crippen LogP) is 0.646. The van der Waals surface area contributed by atoms with Crippen LogP contribution in [0.4, 0.5) is 0 Å². The Kier molecular flexibility index (Phi) is 5.50. The van der Waals surface area contributed by atoms with Crippen molar-refractivity contribution in [3.05, 3.63) is 24.2 Å². The van der Waals surface area contributed by atoms with Crippen LogP contribution >= 0.6 is 0 Å². The first-order valence-electron chi connectivity index (χ1n) is 5.38. The number of nitrogens with zero attached hydrogens (tertiary/aromatic N) is 1. The topological polar surface area (TPSA) is 83.7 Å². The summed E-state index contributed by atoms with van der Waals surface area (Å²) in [6.07, 6.45) is 4.60. The van der Waals surface area contributed by atoms with E-state index in [0.29, 0.717) is 12.3 Å². The highest BCUT2D eigenvalue weighted by molar-refractivity contribution is 6.35. The number of hydrazone groups is 1. The molecule has 0 bridgehead atoms. The van der Waals surface area contributed by atoms with Gasteiger partial charge in [-0.3, -0.25) is 9.59 Å². The summed E-state index contributed by atoms with van der Waals surface area (Å²) in [7, 11) is 0. The van der Waals surface area contributed by atoms with Crippen molar-refractivity contribution in [2.24, 2.45) is 5.10 Å². The fourth-order valence-corrected chi connectivity index (χ4v) is 1.03. The Bertz CT molecular complexity index is 385. The van der Waals surface area contributed by atoms with Gasteiger partial charge in [0.1, 0.15) is 5.76 Å². The predicted molar refractivity (Wildman–Crippen MR) is 62.4 cm³/mol. The molecule has 0 saturated carbocycles. The quantitative estimate of drug-likeness (QED) is 0.341. The number of nitrogens with one attached hydrogen (secondary N) is 2. The van der Waals surface area contributed by atoms with Crippen molar-refractivity contribution in [2.45, 2.75) is 19.8 Å². The molecule has 17 heavy (non-hydrogen) atoms. The van der Waals surface area contributed by atoms with Crippen molar-refractivity contribution in [2.75, 3.05) is 6.54 Å². The Labute approximate surface area is 99.1 Å². The number of rotatable bonds is 5. The van der Waals surface area contributed by atoms with Gasteiger partial charge in [0.2, 0.25) is 0 Å². The zero-order valence-electron chi connectivity index (χ0n) is 9.60. The van der Waals surface area contributed by atoms with Gasteiger partial charge in [0.25, 0.3) is 0 Å². The van der Waals surface area contributed by atoms with E-state index < -0.39 is 11.8 Å². The third kappa shape index (κ3) is 4.96. The van der Waals surface area contributed by atoms with E-state index in [1.165, 1.54) is 12.5 Å². The zero-order valence-corrected chi connectivity index (χ0v) is 9.60. The van der Waals surface area contributed by atoms with E-state index in [4.69, 9.17) is 4.42 Å². The molecule has 0 fully saturated rings. The molecule has 0 saturated heterocycles. The normalized spacial score (nSPS) is 10.4. The van der Waals surface area contributed by atoms with Crippen molar-refractivity contribution in [1.82, 2.24) is 10.7 Å². The smallest absolute Gasteiger partial charge is 0.329 e. The summed E-state index contributed by atoms with van der Waals surface area (Å²) in [6, 6.07) is 3.37. The minimum Gasteiger partial charge on any atom is -0.463 e. The average Bonchev–Trinajstić information content (AvgIpc) is 2.82. The molecule has 0 unspecified atom stereocenters. The minimum absolute atomic E-state index is 0.491. The van der Waals surface area contributed by atoms with Gasteiger partial charge >= 0.3 is 11.8 Å². The van der Waals surface area contributed by atoms with E-state index in [-0.39, 0.29) is 0 Å². The van der Waals surface area contributed by atoms with E-state index in [2.05, 4.69) is 15.8 Å². The molecule has 1 rings (SSSR count). The summed E-state index contributed by atoms with van der Waals surface area (Å²) in [4.78, 5) is 22.4. The first-order chi connectivity index (χ1) is 8.24. The van der Waals surface area contributed by atoms with E-state index >= 15 is 0 Å². The van der Waals surface area contributed by atoms with Crippen LogP contribution in [0.15, 0.2) is 27.9 Å². The second kappa shape index (κ2) is 7.21. The first-order valence-corrected chi connectivity index (χ1v) is 5.38. The van der Waals surface area contributed by atoms with Gasteiger partial charge in [-0.1, -0.05) is 13.3 Å². The van der Waals surface area contributed by atoms with Crippen LogP contribution in [0.1, 0.15) is 25.5 Å². The Morgan fingerprint density at radius 1 is 1.47 bits per heavy atom. The Hall–Kier alpha value is -2.11. The standard InChI is InChI=1S/C11H15N3O3/c1-2-3-6-12-10(15)11(16)14-13-8-9-5-4-7-17-9/h4-5,7-8H,2-3,6H2,1H3,(H,12,15)(H,14,16)/b13-8-. The SMILES string of the molecule is CCCCNC(=O)C(=O)N/N=C\c1ccco1. The number of hydrogen-bond acceptors (Lipinski definition) is 4. The van der Waals surface area contributed by atoms with Crippen LogP contribution in [0, 0.1) is 0 Å². The molecule has 0 aromatic carbocycles.